The second-order valence-electron chi connectivity index (χ2n) is 8.28. The van der Waals surface area contributed by atoms with E-state index in [0.717, 1.165) is 20.1 Å². The molecule has 0 radical (unpaired) electrons. The average Bonchev–Trinajstić information content (AvgIpc) is 2.91. The number of ether oxygens (including phenoxy) is 2. The van der Waals surface area contributed by atoms with Gasteiger partial charge in [0.05, 0.1) is 16.7 Å². The molecule has 0 unspecified atom stereocenters. The number of nitrogens with zero attached hydrogens (tertiary/aromatic N) is 1. The summed E-state index contributed by atoms with van der Waals surface area (Å²) in [6, 6.07) is 29.5. The summed E-state index contributed by atoms with van der Waals surface area (Å²) >= 11 is 2.18. The molecular formula is C30H25IN2O3. The number of nitriles is 1. The highest BCUT2D eigenvalue weighted by atomic mass is 127. The van der Waals surface area contributed by atoms with Crippen molar-refractivity contribution in [3.8, 4) is 17.6 Å². The Balaban J connectivity index is 1.51. The van der Waals surface area contributed by atoms with Crippen molar-refractivity contribution in [1.82, 2.24) is 5.32 Å². The van der Waals surface area contributed by atoms with Crippen molar-refractivity contribution >= 4 is 45.3 Å². The maximum atomic E-state index is 12.8. The molecule has 1 amide bonds. The summed E-state index contributed by atoms with van der Waals surface area (Å²) in [4.78, 5) is 12.8. The third kappa shape index (κ3) is 6.04. The lowest BCUT2D eigenvalue weighted by Gasteiger charge is -2.15. The van der Waals surface area contributed by atoms with Crippen LogP contribution in [0.15, 0.2) is 90.5 Å². The molecule has 0 saturated carbocycles. The van der Waals surface area contributed by atoms with E-state index in [1.165, 1.54) is 5.39 Å². The van der Waals surface area contributed by atoms with Crippen LogP contribution in [-0.4, -0.2) is 13.0 Å². The molecule has 0 fully saturated rings. The predicted octanol–water partition coefficient (Wildman–Crippen LogP) is 6.82. The first-order valence-corrected chi connectivity index (χ1v) is 12.5. The quantitative estimate of drug-likeness (QED) is 0.139. The van der Waals surface area contributed by atoms with Gasteiger partial charge in [-0.15, -0.1) is 0 Å². The lowest BCUT2D eigenvalue weighted by molar-refractivity contribution is -0.117. The standard InChI is InChI=1S/C30H25IN2O3/c1-20(23-8-4-3-5-9-23)33-30(34)26(18-32)15-22-16-27(31)29(28(17-22)35-2)36-19-21-12-13-24-10-6-7-11-25(24)14-21/h3-17,20H,19H2,1-2H3,(H,33,34)/b26-15-/t20-/m0/s1. The smallest absolute Gasteiger partial charge is 0.262 e. The molecule has 36 heavy (non-hydrogen) atoms. The third-order valence-corrected chi connectivity index (χ3v) is 6.57. The van der Waals surface area contributed by atoms with Gasteiger partial charge in [-0.2, -0.15) is 5.26 Å². The molecule has 4 aromatic carbocycles. The highest BCUT2D eigenvalue weighted by molar-refractivity contribution is 14.1. The summed E-state index contributed by atoms with van der Waals surface area (Å²) < 4.78 is 12.5. The van der Waals surface area contributed by atoms with Gasteiger partial charge in [-0.1, -0.05) is 66.7 Å². The fourth-order valence-electron chi connectivity index (χ4n) is 3.86. The normalized spacial score (nSPS) is 12.0. The molecule has 0 saturated heterocycles. The Morgan fingerprint density at radius 2 is 1.75 bits per heavy atom. The molecular weight excluding hydrogens is 563 g/mol. The van der Waals surface area contributed by atoms with E-state index in [9.17, 15) is 10.1 Å². The molecule has 4 rings (SSSR count). The molecule has 6 heteroatoms. The molecule has 1 N–H and O–H groups in total. The van der Waals surface area contributed by atoms with E-state index in [4.69, 9.17) is 9.47 Å². The first kappa shape index (κ1) is 25.3. The van der Waals surface area contributed by atoms with Gasteiger partial charge < -0.3 is 14.8 Å². The van der Waals surface area contributed by atoms with E-state index in [1.807, 2.05) is 67.6 Å². The van der Waals surface area contributed by atoms with Crippen molar-refractivity contribution < 1.29 is 14.3 Å². The van der Waals surface area contributed by atoms with Gasteiger partial charge in [-0.3, -0.25) is 4.79 Å². The van der Waals surface area contributed by atoms with E-state index in [0.29, 0.717) is 23.7 Å². The van der Waals surface area contributed by atoms with Crippen LogP contribution in [0.3, 0.4) is 0 Å². The zero-order valence-corrected chi connectivity index (χ0v) is 22.2. The van der Waals surface area contributed by atoms with Crippen LogP contribution in [0.2, 0.25) is 0 Å². The molecule has 0 aromatic heterocycles. The lowest BCUT2D eigenvalue weighted by Crippen LogP contribution is -2.27. The number of hydrogen-bond donors (Lipinski definition) is 1. The number of amides is 1. The van der Waals surface area contributed by atoms with Crippen molar-refractivity contribution in [2.45, 2.75) is 19.6 Å². The van der Waals surface area contributed by atoms with E-state index in [1.54, 1.807) is 19.3 Å². The molecule has 5 nitrogen and oxygen atoms in total. The first-order valence-electron chi connectivity index (χ1n) is 11.4. The number of carbonyl (C=O) groups excluding carboxylic acids is 1. The fraction of sp³-hybridized carbons (Fsp3) is 0.133. The van der Waals surface area contributed by atoms with Crippen LogP contribution >= 0.6 is 22.6 Å². The predicted molar refractivity (Wildman–Crippen MR) is 151 cm³/mol. The lowest BCUT2D eigenvalue weighted by atomic mass is 10.1. The van der Waals surface area contributed by atoms with Crippen molar-refractivity contribution in [1.29, 1.82) is 5.26 Å². The van der Waals surface area contributed by atoms with Gasteiger partial charge in [0.15, 0.2) is 11.5 Å². The molecule has 0 aliphatic heterocycles. The fourth-order valence-corrected chi connectivity index (χ4v) is 4.64. The zero-order valence-electron chi connectivity index (χ0n) is 20.0. The highest BCUT2D eigenvalue weighted by Gasteiger charge is 2.16. The Morgan fingerprint density at radius 1 is 1.03 bits per heavy atom. The molecule has 180 valence electrons. The molecule has 1 atom stereocenters. The molecule has 0 spiro atoms. The van der Waals surface area contributed by atoms with Crippen LogP contribution in [0, 0.1) is 14.9 Å². The summed E-state index contributed by atoms with van der Waals surface area (Å²) in [6.45, 7) is 2.27. The summed E-state index contributed by atoms with van der Waals surface area (Å²) in [5.41, 5.74) is 2.70. The van der Waals surface area contributed by atoms with Crippen LogP contribution < -0.4 is 14.8 Å². The summed E-state index contributed by atoms with van der Waals surface area (Å²) in [5, 5.41) is 14.9. The van der Waals surface area contributed by atoms with Gasteiger partial charge in [0, 0.05) is 0 Å². The third-order valence-electron chi connectivity index (χ3n) is 5.77. The van der Waals surface area contributed by atoms with Crippen LogP contribution in [0.25, 0.3) is 16.8 Å². The van der Waals surface area contributed by atoms with Gasteiger partial charge in [-0.25, -0.2) is 0 Å². The topological polar surface area (TPSA) is 71.3 Å². The number of fused-ring (bicyclic) bond motifs is 1. The minimum atomic E-state index is -0.431. The Hall–Kier alpha value is -3.83. The first-order chi connectivity index (χ1) is 17.5. The van der Waals surface area contributed by atoms with Gasteiger partial charge in [-0.05, 0) is 81.3 Å². The number of benzene rings is 4. The van der Waals surface area contributed by atoms with Crippen molar-refractivity contribution in [3.05, 3.63) is 111 Å². The Morgan fingerprint density at radius 3 is 2.47 bits per heavy atom. The van der Waals surface area contributed by atoms with E-state index >= 15 is 0 Å². The van der Waals surface area contributed by atoms with Gasteiger partial charge in [0.1, 0.15) is 18.2 Å². The largest absolute Gasteiger partial charge is 0.493 e. The molecule has 0 aliphatic carbocycles. The van der Waals surface area contributed by atoms with Crippen LogP contribution in [-0.2, 0) is 11.4 Å². The minimum absolute atomic E-state index is 0.0143. The highest BCUT2D eigenvalue weighted by Crippen LogP contribution is 2.35. The second kappa shape index (κ2) is 11.7. The summed E-state index contributed by atoms with van der Waals surface area (Å²) in [6.07, 6.45) is 1.56. The van der Waals surface area contributed by atoms with E-state index < -0.39 is 5.91 Å². The Kier molecular flexibility index (Phi) is 8.24. The van der Waals surface area contributed by atoms with Gasteiger partial charge >= 0.3 is 0 Å². The number of halogens is 1. The van der Waals surface area contributed by atoms with Gasteiger partial charge in [0.2, 0.25) is 0 Å². The summed E-state index contributed by atoms with van der Waals surface area (Å²) in [5.74, 6) is 0.716. The SMILES string of the molecule is COc1cc(/C=C(/C#N)C(=O)N[C@@H](C)c2ccccc2)cc(I)c1OCc1ccc2ccccc2c1. The van der Waals surface area contributed by atoms with E-state index in [-0.39, 0.29) is 11.6 Å². The number of methoxy groups -OCH3 is 1. The maximum Gasteiger partial charge on any atom is 0.262 e. The van der Waals surface area contributed by atoms with Crippen molar-refractivity contribution in [3.63, 3.8) is 0 Å². The van der Waals surface area contributed by atoms with Gasteiger partial charge in [0.25, 0.3) is 5.91 Å². The second-order valence-corrected chi connectivity index (χ2v) is 9.44. The Labute approximate surface area is 224 Å². The number of carbonyl (C=O) groups is 1. The molecule has 0 bridgehead atoms. The van der Waals surface area contributed by atoms with Crippen LogP contribution in [0.1, 0.15) is 29.7 Å². The minimum Gasteiger partial charge on any atom is -0.493 e. The van der Waals surface area contributed by atoms with E-state index in [2.05, 4.69) is 52.2 Å². The number of hydrogen-bond acceptors (Lipinski definition) is 4. The van der Waals surface area contributed by atoms with Crippen LogP contribution in [0.4, 0.5) is 0 Å². The summed E-state index contributed by atoms with van der Waals surface area (Å²) in [7, 11) is 1.57. The zero-order chi connectivity index (χ0) is 25.5. The Bertz CT molecular complexity index is 1460. The number of nitrogens with one attached hydrogen (secondary N) is 1. The van der Waals surface area contributed by atoms with Crippen LogP contribution in [0.5, 0.6) is 11.5 Å². The molecule has 0 aliphatic rings. The number of rotatable bonds is 8. The molecule has 4 aromatic rings. The molecule has 0 heterocycles. The monoisotopic (exact) mass is 588 g/mol. The maximum absolute atomic E-state index is 12.8. The average molecular weight is 588 g/mol. The van der Waals surface area contributed by atoms with Crippen molar-refractivity contribution in [2.75, 3.05) is 7.11 Å². The van der Waals surface area contributed by atoms with Crippen molar-refractivity contribution in [2.24, 2.45) is 0 Å².